The second kappa shape index (κ2) is 12.8. The number of benzene rings is 8. The molecule has 0 N–H and O–H groups in total. The van der Waals surface area contributed by atoms with Crippen LogP contribution in [0.15, 0.2) is 182 Å². The molecule has 0 spiro atoms. The zero-order valence-electron chi connectivity index (χ0n) is 30.4. The quantitative estimate of drug-likeness (QED) is 0.175. The monoisotopic (exact) mass is 762 g/mol. The average Bonchev–Trinajstić information content (AvgIpc) is 3.95. The summed E-state index contributed by atoms with van der Waals surface area (Å²) in [5, 5.41) is 7.58. The van der Waals surface area contributed by atoms with Crippen LogP contribution in [0.2, 0.25) is 0 Å². The van der Waals surface area contributed by atoms with Crippen LogP contribution in [0.4, 0.5) is 0 Å². The fourth-order valence-corrected chi connectivity index (χ4v) is 10.6. The predicted molar refractivity (Wildman–Crippen MR) is 242 cm³/mol. The molecule has 0 aliphatic carbocycles. The van der Waals surface area contributed by atoms with Crippen molar-refractivity contribution < 1.29 is 0 Å². The zero-order valence-corrected chi connectivity index (χ0v) is 32.1. The Kier molecular flexibility index (Phi) is 7.24. The van der Waals surface area contributed by atoms with Crippen LogP contribution in [-0.4, -0.2) is 19.5 Å². The molecule has 0 atom stereocenters. The normalized spacial score (nSPS) is 11.9. The van der Waals surface area contributed by atoms with Gasteiger partial charge in [0.15, 0.2) is 17.5 Å². The Bertz CT molecular complexity index is 3410. The van der Waals surface area contributed by atoms with Gasteiger partial charge >= 0.3 is 0 Å². The van der Waals surface area contributed by atoms with Gasteiger partial charge in [-0.2, -0.15) is 0 Å². The number of hydrogen-bond donors (Lipinski definition) is 0. The van der Waals surface area contributed by atoms with Crippen LogP contribution in [-0.2, 0) is 0 Å². The largest absolute Gasteiger partial charge is 0.309 e. The zero-order chi connectivity index (χ0) is 37.5. The van der Waals surface area contributed by atoms with Gasteiger partial charge in [-0.25, -0.2) is 15.0 Å². The number of fused-ring (bicyclic) bond motifs is 9. The molecule has 0 bridgehead atoms. The molecule has 0 amide bonds. The first kappa shape index (κ1) is 32.3. The lowest BCUT2D eigenvalue weighted by atomic mass is 9.97. The summed E-state index contributed by atoms with van der Waals surface area (Å²) in [5.41, 5.74) is 8.96. The van der Waals surface area contributed by atoms with E-state index in [4.69, 9.17) is 15.0 Å². The van der Waals surface area contributed by atoms with Gasteiger partial charge in [0.1, 0.15) is 0 Å². The molecule has 0 fully saturated rings. The summed E-state index contributed by atoms with van der Waals surface area (Å²) in [6, 6.07) is 65.0. The van der Waals surface area contributed by atoms with Crippen LogP contribution in [0.1, 0.15) is 0 Å². The number of nitrogens with zero attached hydrogens (tertiary/aromatic N) is 4. The van der Waals surface area contributed by atoms with E-state index in [1.807, 2.05) is 83.3 Å². The maximum absolute atomic E-state index is 5.04. The Morgan fingerprint density at radius 2 is 0.895 bits per heavy atom. The topological polar surface area (TPSA) is 43.6 Å². The maximum atomic E-state index is 5.04. The van der Waals surface area contributed by atoms with Gasteiger partial charge in [-0.1, -0.05) is 121 Å². The highest BCUT2D eigenvalue weighted by atomic mass is 32.1. The fraction of sp³-hybridized carbons (Fsp3) is 0. The molecule has 0 aliphatic rings. The molecule has 0 saturated carbocycles. The standard InChI is InChI=1S/C51H30N4S2/c1-3-12-31(13-4-1)49-52-50(32-14-5-2-6-15-32)54-51(53-49)34-23-27-45-41(29-34)48-36(18-11-21-46(48)56-45)33-22-26-44-40(28-33)39-25-24-35(30-47(39)57-44)55-42-19-9-7-16-37(42)38-17-8-10-20-43(38)55/h1-30H. The van der Waals surface area contributed by atoms with Crippen LogP contribution >= 0.6 is 22.7 Å². The van der Waals surface area contributed by atoms with Crippen molar-refractivity contribution in [2.75, 3.05) is 0 Å². The van der Waals surface area contributed by atoms with Gasteiger partial charge in [0, 0.05) is 73.5 Å². The van der Waals surface area contributed by atoms with Crippen molar-refractivity contribution in [3.8, 4) is 51.0 Å². The molecular weight excluding hydrogens is 733 g/mol. The van der Waals surface area contributed by atoms with Crippen LogP contribution in [0.3, 0.4) is 0 Å². The molecule has 12 rings (SSSR count). The molecule has 4 heterocycles. The third kappa shape index (κ3) is 5.22. The van der Waals surface area contributed by atoms with E-state index in [1.54, 1.807) is 0 Å². The minimum absolute atomic E-state index is 0.660. The SMILES string of the molecule is c1ccc(-c2nc(-c3ccccc3)nc(-c3ccc4sc5cccc(-c6ccc7sc8cc(-n9c%10ccccc%10c%10ccccc%109)ccc8c7c6)c5c4c3)n2)cc1. The maximum Gasteiger partial charge on any atom is 0.164 e. The minimum atomic E-state index is 0.660. The Morgan fingerprint density at radius 1 is 0.333 bits per heavy atom. The first-order chi connectivity index (χ1) is 28.2. The van der Waals surface area contributed by atoms with E-state index >= 15 is 0 Å². The highest BCUT2D eigenvalue weighted by Crippen LogP contribution is 2.44. The lowest BCUT2D eigenvalue weighted by Crippen LogP contribution is -2.00. The average molecular weight is 763 g/mol. The third-order valence-corrected chi connectivity index (χ3v) is 13.3. The van der Waals surface area contributed by atoms with E-state index in [1.165, 1.54) is 79.0 Å². The predicted octanol–water partition coefficient (Wildman–Crippen LogP) is 14.4. The molecule has 4 nitrogen and oxygen atoms in total. The van der Waals surface area contributed by atoms with Crippen LogP contribution in [0, 0.1) is 0 Å². The summed E-state index contributed by atoms with van der Waals surface area (Å²) in [4.78, 5) is 15.0. The van der Waals surface area contributed by atoms with Gasteiger partial charge < -0.3 is 4.57 Å². The van der Waals surface area contributed by atoms with Crippen molar-refractivity contribution in [1.82, 2.24) is 19.5 Å². The number of para-hydroxylation sites is 2. The highest BCUT2D eigenvalue weighted by molar-refractivity contribution is 7.26. The van der Waals surface area contributed by atoms with Crippen molar-refractivity contribution in [3.05, 3.63) is 182 Å². The number of aromatic nitrogens is 4. The summed E-state index contributed by atoms with van der Waals surface area (Å²) < 4.78 is 7.47. The van der Waals surface area contributed by atoms with E-state index in [0.717, 1.165) is 16.7 Å². The third-order valence-electron chi connectivity index (χ3n) is 11.1. The van der Waals surface area contributed by atoms with Gasteiger partial charge in [0.2, 0.25) is 0 Å². The molecule has 8 aromatic carbocycles. The van der Waals surface area contributed by atoms with E-state index < -0.39 is 0 Å². The van der Waals surface area contributed by atoms with E-state index in [-0.39, 0.29) is 0 Å². The van der Waals surface area contributed by atoms with E-state index in [0.29, 0.717) is 17.5 Å². The van der Waals surface area contributed by atoms with Crippen LogP contribution < -0.4 is 0 Å². The lowest BCUT2D eigenvalue weighted by molar-refractivity contribution is 1.07. The summed E-state index contributed by atoms with van der Waals surface area (Å²) in [6.45, 7) is 0. The van der Waals surface area contributed by atoms with Gasteiger partial charge in [-0.05, 0) is 71.8 Å². The first-order valence-electron chi connectivity index (χ1n) is 19.0. The molecule has 57 heavy (non-hydrogen) atoms. The molecule has 0 unspecified atom stereocenters. The highest BCUT2D eigenvalue weighted by Gasteiger charge is 2.18. The molecule has 266 valence electrons. The Labute approximate surface area is 335 Å². The Morgan fingerprint density at radius 3 is 1.58 bits per heavy atom. The Hall–Kier alpha value is -6.99. The van der Waals surface area contributed by atoms with Gasteiger partial charge in [0.05, 0.1) is 11.0 Å². The fourth-order valence-electron chi connectivity index (χ4n) is 8.42. The number of hydrogen-bond acceptors (Lipinski definition) is 5. The van der Waals surface area contributed by atoms with Gasteiger partial charge in [-0.15, -0.1) is 22.7 Å². The van der Waals surface area contributed by atoms with Crippen molar-refractivity contribution in [1.29, 1.82) is 0 Å². The molecule has 4 aromatic heterocycles. The molecule has 0 radical (unpaired) electrons. The smallest absolute Gasteiger partial charge is 0.164 e. The minimum Gasteiger partial charge on any atom is -0.309 e. The summed E-state index contributed by atoms with van der Waals surface area (Å²) in [5.74, 6) is 1.98. The number of rotatable bonds is 5. The second-order valence-corrected chi connectivity index (χ2v) is 16.6. The second-order valence-electron chi connectivity index (χ2n) is 14.4. The van der Waals surface area contributed by atoms with Crippen molar-refractivity contribution >= 4 is 84.8 Å². The molecular formula is C51H30N4S2. The molecule has 6 heteroatoms. The van der Waals surface area contributed by atoms with Crippen LogP contribution in [0.25, 0.3) is 113 Å². The molecule has 12 aromatic rings. The van der Waals surface area contributed by atoms with Crippen molar-refractivity contribution in [3.63, 3.8) is 0 Å². The van der Waals surface area contributed by atoms with Crippen molar-refractivity contribution in [2.24, 2.45) is 0 Å². The summed E-state index contributed by atoms with van der Waals surface area (Å²) in [7, 11) is 0. The number of thiophene rings is 2. The van der Waals surface area contributed by atoms with Crippen molar-refractivity contribution in [2.45, 2.75) is 0 Å². The van der Waals surface area contributed by atoms with E-state index in [9.17, 15) is 0 Å². The summed E-state index contributed by atoms with van der Waals surface area (Å²) in [6.07, 6.45) is 0. The van der Waals surface area contributed by atoms with Gasteiger partial charge in [0.25, 0.3) is 0 Å². The summed E-state index contributed by atoms with van der Waals surface area (Å²) >= 11 is 3.69. The van der Waals surface area contributed by atoms with E-state index in [2.05, 4.69) is 126 Å². The van der Waals surface area contributed by atoms with Gasteiger partial charge in [-0.3, -0.25) is 0 Å². The van der Waals surface area contributed by atoms with Crippen LogP contribution in [0.5, 0.6) is 0 Å². The lowest BCUT2D eigenvalue weighted by Gasteiger charge is -2.09. The Balaban J connectivity index is 0.994. The molecule has 0 saturated heterocycles. The molecule has 0 aliphatic heterocycles. The first-order valence-corrected chi connectivity index (χ1v) is 20.6.